The third-order valence-corrected chi connectivity index (χ3v) is 4.43. The molecule has 4 rings (SSSR count). The summed E-state index contributed by atoms with van der Waals surface area (Å²) in [6, 6.07) is 28.0. The Balaban J connectivity index is 1.54. The number of carbonyl (C=O) groups is 1. The molecule has 1 amide bonds. The molecule has 0 saturated heterocycles. The summed E-state index contributed by atoms with van der Waals surface area (Å²) in [5.41, 5.74) is 1.75. The van der Waals surface area contributed by atoms with Crippen LogP contribution in [0.15, 0.2) is 97.2 Å². The number of carbonyl (C=O) groups excluding carboxylic acids is 1. The molecule has 0 unspecified atom stereocenters. The Morgan fingerprint density at radius 1 is 0.867 bits per heavy atom. The number of nitrogens with one attached hydrogen (secondary N) is 1. The maximum Gasteiger partial charge on any atom is 0.274 e. The number of amides is 1. The van der Waals surface area contributed by atoms with E-state index < -0.39 is 0 Å². The van der Waals surface area contributed by atoms with Gasteiger partial charge in [-0.1, -0.05) is 48.5 Å². The lowest BCUT2D eigenvalue weighted by Crippen LogP contribution is -2.18. The summed E-state index contributed by atoms with van der Waals surface area (Å²) >= 11 is 0. The molecule has 1 aromatic heterocycles. The lowest BCUT2D eigenvalue weighted by atomic mass is 10.2. The lowest BCUT2D eigenvalue weighted by molar-refractivity contribution is 0.102. The molecule has 0 aliphatic heterocycles. The van der Waals surface area contributed by atoms with Crippen molar-refractivity contribution in [3.63, 3.8) is 0 Å². The van der Waals surface area contributed by atoms with Crippen LogP contribution in [0.1, 0.15) is 10.5 Å². The Morgan fingerprint density at radius 2 is 1.53 bits per heavy atom. The maximum atomic E-state index is 12.9. The number of anilines is 3. The minimum atomic E-state index is -0.343. The molecule has 0 atom stereocenters. The molecule has 0 fully saturated rings. The van der Waals surface area contributed by atoms with Gasteiger partial charge in [0.1, 0.15) is 11.4 Å². The number of para-hydroxylation sites is 4. The van der Waals surface area contributed by atoms with Crippen molar-refractivity contribution in [1.29, 1.82) is 0 Å². The van der Waals surface area contributed by atoms with E-state index in [2.05, 4.69) is 15.3 Å². The fourth-order valence-electron chi connectivity index (χ4n) is 2.86. The molecule has 0 bridgehead atoms. The van der Waals surface area contributed by atoms with Crippen LogP contribution >= 0.6 is 0 Å². The molecule has 1 heterocycles. The molecule has 0 saturated carbocycles. The zero-order valence-corrected chi connectivity index (χ0v) is 16.4. The highest BCUT2D eigenvalue weighted by molar-refractivity contribution is 6.03. The van der Waals surface area contributed by atoms with Gasteiger partial charge in [0, 0.05) is 18.9 Å². The van der Waals surface area contributed by atoms with Gasteiger partial charge in [-0.2, -0.15) is 0 Å². The number of aromatic nitrogens is 2. The zero-order chi connectivity index (χ0) is 20.8. The van der Waals surface area contributed by atoms with Gasteiger partial charge in [-0.05, 0) is 42.5 Å². The van der Waals surface area contributed by atoms with Crippen LogP contribution in [0.5, 0.6) is 11.5 Å². The van der Waals surface area contributed by atoms with E-state index in [0.717, 1.165) is 5.69 Å². The summed E-state index contributed by atoms with van der Waals surface area (Å²) < 4.78 is 5.91. The smallest absolute Gasteiger partial charge is 0.274 e. The Bertz CT molecular complexity index is 1130. The summed E-state index contributed by atoms with van der Waals surface area (Å²) in [4.78, 5) is 23.4. The van der Waals surface area contributed by atoms with Gasteiger partial charge >= 0.3 is 0 Å². The third-order valence-electron chi connectivity index (χ3n) is 4.43. The molecular weight excluding hydrogens is 376 g/mol. The summed E-state index contributed by atoms with van der Waals surface area (Å²) in [6.45, 7) is 0. The van der Waals surface area contributed by atoms with E-state index in [-0.39, 0.29) is 11.6 Å². The van der Waals surface area contributed by atoms with Crippen molar-refractivity contribution in [2.24, 2.45) is 0 Å². The molecule has 0 radical (unpaired) electrons. The molecule has 0 aliphatic rings. The summed E-state index contributed by atoms with van der Waals surface area (Å²) in [5, 5.41) is 2.88. The molecular formula is C24H20N4O2. The van der Waals surface area contributed by atoms with Crippen molar-refractivity contribution in [1.82, 2.24) is 9.97 Å². The van der Waals surface area contributed by atoms with E-state index in [4.69, 9.17) is 4.74 Å². The topological polar surface area (TPSA) is 67.4 Å². The number of hydrogen-bond donors (Lipinski definition) is 1. The van der Waals surface area contributed by atoms with Crippen molar-refractivity contribution in [3.05, 3.63) is 103 Å². The average molecular weight is 396 g/mol. The van der Waals surface area contributed by atoms with E-state index in [1.165, 1.54) is 0 Å². The molecule has 1 N–H and O–H groups in total. The van der Waals surface area contributed by atoms with E-state index in [1.807, 2.05) is 84.7 Å². The van der Waals surface area contributed by atoms with Crippen molar-refractivity contribution in [3.8, 4) is 11.5 Å². The molecule has 30 heavy (non-hydrogen) atoms. The number of ether oxygens (including phenoxy) is 1. The zero-order valence-electron chi connectivity index (χ0n) is 16.4. The van der Waals surface area contributed by atoms with Crippen LogP contribution in [0.4, 0.5) is 17.3 Å². The maximum absolute atomic E-state index is 12.9. The van der Waals surface area contributed by atoms with Crippen LogP contribution in [0, 0.1) is 0 Å². The van der Waals surface area contributed by atoms with Gasteiger partial charge in [0.25, 0.3) is 5.91 Å². The van der Waals surface area contributed by atoms with Gasteiger partial charge in [0.2, 0.25) is 5.95 Å². The van der Waals surface area contributed by atoms with Crippen LogP contribution in [-0.2, 0) is 0 Å². The van der Waals surface area contributed by atoms with E-state index in [9.17, 15) is 4.79 Å². The van der Waals surface area contributed by atoms with Crippen molar-refractivity contribution >= 4 is 23.2 Å². The highest BCUT2D eigenvalue weighted by Crippen LogP contribution is 2.29. The molecule has 6 heteroatoms. The SMILES string of the molecule is CN(c1ccccc1)c1nccc(C(=O)Nc2ccccc2Oc2ccccc2)n1. The molecule has 4 aromatic rings. The summed E-state index contributed by atoms with van der Waals surface area (Å²) in [5.74, 6) is 1.33. The van der Waals surface area contributed by atoms with Gasteiger partial charge in [-0.3, -0.25) is 4.79 Å². The van der Waals surface area contributed by atoms with Crippen LogP contribution < -0.4 is 15.0 Å². The second kappa shape index (κ2) is 8.87. The van der Waals surface area contributed by atoms with E-state index >= 15 is 0 Å². The van der Waals surface area contributed by atoms with E-state index in [1.54, 1.807) is 24.4 Å². The standard InChI is InChI=1S/C24H20N4O2/c1-28(18-10-4-2-5-11-18)24-25-17-16-21(27-24)23(29)26-20-14-8-9-15-22(20)30-19-12-6-3-7-13-19/h2-17H,1H3,(H,26,29). The first-order valence-electron chi connectivity index (χ1n) is 9.46. The highest BCUT2D eigenvalue weighted by Gasteiger charge is 2.14. The molecule has 6 nitrogen and oxygen atoms in total. The second-order valence-electron chi connectivity index (χ2n) is 6.50. The second-order valence-corrected chi connectivity index (χ2v) is 6.50. The first-order chi connectivity index (χ1) is 14.7. The number of rotatable bonds is 6. The Morgan fingerprint density at radius 3 is 2.30 bits per heavy atom. The number of hydrogen-bond acceptors (Lipinski definition) is 5. The summed E-state index contributed by atoms with van der Waals surface area (Å²) in [6.07, 6.45) is 1.57. The van der Waals surface area contributed by atoms with Crippen LogP contribution in [0.2, 0.25) is 0 Å². The van der Waals surface area contributed by atoms with Gasteiger partial charge in [0.15, 0.2) is 5.75 Å². The Labute approximate surface area is 174 Å². The number of nitrogens with zero attached hydrogens (tertiary/aromatic N) is 3. The molecule has 148 valence electrons. The van der Waals surface area contributed by atoms with Gasteiger partial charge in [-0.15, -0.1) is 0 Å². The normalized spacial score (nSPS) is 10.3. The van der Waals surface area contributed by atoms with Crippen LogP contribution in [-0.4, -0.2) is 22.9 Å². The van der Waals surface area contributed by atoms with Crippen LogP contribution in [0.25, 0.3) is 0 Å². The highest BCUT2D eigenvalue weighted by atomic mass is 16.5. The lowest BCUT2D eigenvalue weighted by Gasteiger charge is -2.17. The molecule has 3 aromatic carbocycles. The minimum Gasteiger partial charge on any atom is -0.455 e. The first-order valence-corrected chi connectivity index (χ1v) is 9.46. The van der Waals surface area contributed by atoms with Gasteiger partial charge in [0.05, 0.1) is 5.69 Å². The van der Waals surface area contributed by atoms with Crippen molar-refractivity contribution in [2.75, 3.05) is 17.3 Å². The largest absolute Gasteiger partial charge is 0.455 e. The monoisotopic (exact) mass is 396 g/mol. The van der Waals surface area contributed by atoms with E-state index in [0.29, 0.717) is 23.1 Å². The van der Waals surface area contributed by atoms with Crippen LogP contribution in [0.3, 0.4) is 0 Å². The predicted octanol–water partition coefficient (Wildman–Crippen LogP) is 5.29. The van der Waals surface area contributed by atoms with Crippen molar-refractivity contribution < 1.29 is 9.53 Å². The fraction of sp³-hybridized carbons (Fsp3) is 0.0417. The Hall–Kier alpha value is -4.19. The number of benzene rings is 3. The molecule has 0 aliphatic carbocycles. The molecule has 0 spiro atoms. The third kappa shape index (κ3) is 4.44. The summed E-state index contributed by atoms with van der Waals surface area (Å²) in [7, 11) is 1.86. The average Bonchev–Trinajstić information content (AvgIpc) is 2.81. The fourth-order valence-corrected chi connectivity index (χ4v) is 2.86. The quantitative estimate of drug-likeness (QED) is 0.480. The Kier molecular flexibility index (Phi) is 5.66. The van der Waals surface area contributed by atoms with Crippen molar-refractivity contribution in [2.45, 2.75) is 0 Å². The van der Waals surface area contributed by atoms with Gasteiger partial charge in [-0.25, -0.2) is 9.97 Å². The first kappa shape index (κ1) is 19.1. The predicted molar refractivity (Wildman–Crippen MR) is 117 cm³/mol. The van der Waals surface area contributed by atoms with Gasteiger partial charge < -0.3 is 15.0 Å². The minimum absolute atomic E-state index is 0.261.